The standard InChI is InChI=1S/C16H22Cl2N2O3S/c17-13-9-14(18)11-16(10-13)24(21,22)20-5-2-4-19(6-7-20)12-15-3-1-8-23-15/h9-11,15H,1-8,12H2. The molecule has 1 unspecified atom stereocenters. The predicted octanol–water partition coefficient (Wildman–Crippen LogP) is 2.87. The van der Waals surface area contributed by atoms with Gasteiger partial charge in [-0.25, -0.2) is 8.42 Å². The molecule has 2 heterocycles. The SMILES string of the molecule is O=S(=O)(c1cc(Cl)cc(Cl)c1)N1CCCN(CC2CCCO2)CC1. The lowest BCUT2D eigenvalue weighted by Gasteiger charge is -2.24. The van der Waals surface area contributed by atoms with Crippen LogP contribution in [0.2, 0.25) is 10.0 Å². The molecule has 0 aliphatic carbocycles. The van der Waals surface area contributed by atoms with Crippen molar-refractivity contribution in [3.05, 3.63) is 28.2 Å². The molecule has 24 heavy (non-hydrogen) atoms. The normalized spacial score (nSPS) is 24.2. The molecule has 3 rings (SSSR count). The van der Waals surface area contributed by atoms with Crippen LogP contribution in [-0.4, -0.2) is 63.1 Å². The van der Waals surface area contributed by atoms with Crippen LogP contribution < -0.4 is 0 Å². The Kier molecular flexibility index (Phi) is 6.06. The fraction of sp³-hybridized carbons (Fsp3) is 0.625. The third-order valence-corrected chi connectivity index (χ3v) is 6.82. The average Bonchev–Trinajstić information content (AvgIpc) is 2.90. The van der Waals surface area contributed by atoms with Crippen molar-refractivity contribution >= 4 is 33.2 Å². The highest BCUT2D eigenvalue weighted by Crippen LogP contribution is 2.25. The zero-order valence-electron chi connectivity index (χ0n) is 13.5. The van der Waals surface area contributed by atoms with Crippen molar-refractivity contribution < 1.29 is 13.2 Å². The number of sulfonamides is 1. The van der Waals surface area contributed by atoms with Crippen molar-refractivity contribution in [3.63, 3.8) is 0 Å². The van der Waals surface area contributed by atoms with E-state index in [-0.39, 0.29) is 4.90 Å². The molecule has 2 saturated heterocycles. The highest BCUT2D eigenvalue weighted by atomic mass is 35.5. The number of benzene rings is 1. The van der Waals surface area contributed by atoms with Gasteiger partial charge in [0.1, 0.15) is 0 Å². The Balaban J connectivity index is 1.68. The lowest BCUT2D eigenvalue weighted by atomic mass is 10.2. The highest BCUT2D eigenvalue weighted by Gasteiger charge is 2.28. The molecule has 2 fully saturated rings. The zero-order valence-corrected chi connectivity index (χ0v) is 15.8. The third kappa shape index (κ3) is 4.42. The summed E-state index contributed by atoms with van der Waals surface area (Å²) in [6.07, 6.45) is 3.31. The molecule has 2 aliphatic heterocycles. The van der Waals surface area contributed by atoms with Crippen molar-refractivity contribution in [3.8, 4) is 0 Å². The summed E-state index contributed by atoms with van der Waals surface area (Å²) in [5, 5.41) is 0.659. The summed E-state index contributed by atoms with van der Waals surface area (Å²) in [5.74, 6) is 0. The topological polar surface area (TPSA) is 49.9 Å². The van der Waals surface area contributed by atoms with Gasteiger partial charge in [-0.05, 0) is 44.0 Å². The van der Waals surface area contributed by atoms with Gasteiger partial charge in [0.15, 0.2) is 0 Å². The second-order valence-corrected chi connectivity index (χ2v) is 9.11. The first-order chi connectivity index (χ1) is 11.4. The minimum atomic E-state index is -3.57. The summed E-state index contributed by atoms with van der Waals surface area (Å²) in [5.41, 5.74) is 0. The fourth-order valence-electron chi connectivity index (χ4n) is 3.27. The van der Waals surface area contributed by atoms with Crippen LogP contribution in [0.4, 0.5) is 0 Å². The van der Waals surface area contributed by atoms with Gasteiger partial charge in [0.2, 0.25) is 10.0 Å². The predicted molar refractivity (Wildman–Crippen MR) is 95.3 cm³/mol. The molecule has 0 radical (unpaired) electrons. The number of nitrogens with zero attached hydrogens (tertiary/aromatic N) is 2. The molecule has 0 saturated carbocycles. The molecule has 0 amide bonds. The lowest BCUT2D eigenvalue weighted by Crippen LogP contribution is -2.37. The van der Waals surface area contributed by atoms with Crippen LogP contribution in [0.25, 0.3) is 0 Å². The Morgan fingerprint density at radius 1 is 1.04 bits per heavy atom. The maximum absolute atomic E-state index is 12.9. The summed E-state index contributed by atoms with van der Waals surface area (Å²) in [7, 11) is -3.57. The lowest BCUT2D eigenvalue weighted by molar-refractivity contribution is 0.0749. The van der Waals surface area contributed by atoms with E-state index in [2.05, 4.69) is 4.90 Å². The third-order valence-electron chi connectivity index (χ3n) is 4.51. The number of hydrogen-bond donors (Lipinski definition) is 0. The van der Waals surface area contributed by atoms with E-state index >= 15 is 0 Å². The smallest absolute Gasteiger partial charge is 0.243 e. The van der Waals surface area contributed by atoms with Gasteiger partial charge in [0.25, 0.3) is 0 Å². The first-order valence-corrected chi connectivity index (χ1v) is 10.4. The van der Waals surface area contributed by atoms with E-state index < -0.39 is 10.0 Å². The summed E-state index contributed by atoms with van der Waals surface area (Å²) in [6, 6.07) is 4.45. The number of ether oxygens (including phenoxy) is 1. The summed E-state index contributed by atoms with van der Waals surface area (Å²) >= 11 is 11.9. The maximum Gasteiger partial charge on any atom is 0.243 e. The molecule has 0 aromatic heterocycles. The van der Waals surface area contributed by atoms with Crippen LogP contribution in [-0.2, 0) is 14.8 Å². The Labute approximate surface area is 153 Å². The Morgan fingerprint density at radius 2 is 1.79 bits per heavy atom. The molecular formula is C16H22Cl2N2O3S. The van der Waals surface area contributed by atoms with Crippen molar-refractivity contribution in [2.75, 3.05) is 39.3 Å². The van der Waals surface area contributed by atoms with E-state index in [1.165, 1.54) is 22.5 Å². The molecule has 8 heteroatoms. The van der Waals surface area contributed by atoms with Gasteiger partial charge < -0.3 is 4.74 Å². The zero-order chi connectivity index (χ0) is 17.2. The minimum absolute atomic E-state index is 0.160. The van der Waals surface area contributed by atoms with Crippen molar-refractivity contribution in [2.45, 2.75) is 30.3 Å². The fourth-order valence-corrected chi connectivity index (χ4v) is 5.47. The van der Waals surface area contributed by atoms with E-state index in [9.17, 15) is 8.42 Å². The number of hydrogen-bond acceptors (Lipinski definition) is 4. The second-order valence-electron chi connectivity index (χ2n) is 6.30. The van der Waals surface area contributed by atoms with Gasteiger partial charge in [-0.15, -0.1) is 0 Å². The minimum Gasteiger partial charge on any atom is -0.377 e. The monoisotopic (exact) mass is 392 g/mol. The van der Waals surface area contributed by atoms with Gasteiger partial charge in [-0.1, -0.05) is 23.2 Å². The Hall–Kier alpha value is -0.370. The molecule has 0 N–H and O–H groups in total. The van der Waals surface area contributed by atoms with Crippen molar-refractivity contribution in [1.82, 2.24) is 9.21 Å². The Bertz CT molecular complexity index is 658. The highest BCUT2D eigenvalue weighted by molar-refractivity contribution is 7.89. The maximum atomic E-state index is 12.9. The van der Waals surface area contributed by atoms with Gasteiger partial charge in [-0.3, -0.25) is 4.90 Å². The number of halogens is 2. The quantitative estimate of drug-likeness (QED) is 0.790. The van der Waals surface area contributed by atoms with Gasteiger partial charge >= 0.3 is 0 Å². The van der Waals surface area contributed by atoms with Gasteiger partial charge in [-0.2, -0.15) is 4.31 Å². The van der Waals surface area contributed by atoms with E-state index in [0.717, 1.165) is 39.0 Å². The molecule has 5 nitrogen and oxygen atoms in total. The first kappa shape index (κ1) is 18.4. The van der Waals surface area contributed by atoms with Crippen LogP contribution in [0.1, 0.15) is 19.3 Å². The van der Waals surface area contributed by atoms with Crippen molar-refractivity contribution in [1.29, 1.82) is 0 Å². The van der Waals surface area contributed by atoms with E-state index in [1.807, 2.05) is 0 Å². The molecule has 1 atom stereocenters. The molecule has 1 aromatic carbocycles. The van der Waals surface area contributed by atoms with Gasteiger partial charge in [0.05, 0.1) is 11.0 Å². The van der Waals surface area contributed by atoms with Crippen LogP contribution in [0.15, 0.2) is 23.1 Å². The molecule has 0 spiro atoms. The van der Waals surface area contributed by atoms with E-state index in [1.54, 1.807) is 0 Å². The molecule has 0 bridgehead atoms. The molecule has 134 valence electrons. The van der Waals surface area contributed by atoms with Crippen molar-refractivity contribution in [2.24, 2.45) is 0 Å². The summed E-state index contributed by atoms with van der Waals surface area (Å²) in [4.78, 5) is 2.46. The summed E-state index contributed by atoms with van der Waals surface area (Å²) < 4.78 is 32.9. The van der Waals surface area contributed by atoms with Crippen LogP contribution in [0.3, 0.4) is 0 Å². The number of rotatable bonds is 4. The van der Waals surface area contributed by atoms with E-state index in [0.29, 0.717) is 35.8 Å². The molecule has 1 aromatic rings. The Morgan fingerprint density at radius 3 is 2.46 bits per heavy atom. The second kappa shape index (κ2) is 7.89. The van der Waals surface area contributed by atoms with E-state index in [4.69, 9.17) is 27.9 Å². The molecule has 2 aliphatic rings. The largest absolute Gasteiger partial charge is 0.377 e. The van der Waals surface area contributed by atoms with Crippen LogP contribution in [0, 0.1) is 0 Å². The van der Waals surface area contributed by atoms with Crippen LogP contribution in [0.5, 0.6) is 0 Å². The van der Waals surface area contributed by atoms with Crippen LogP contribution >= 0.6 is 23.2 Å². The summed E-state index contributed by atoms with van der Waals surface area (Å²) in [6.45, 7) is 4.31. The first-order valence-electron chi connectivity index (χ1n) is 8.25. The average molecular weight is 393 g/mol. The van der Waals surface area contributed by atoms with Gasteiger partial charge in [0, 0.05) is 42.8 Å². The molecular weight excluding hydrogens is 371 g/mol.